The van der Waals surface area contributed by atoms with Crippen LogP contribution in [0.15, 0.2) is 42.5 Å². The van der Waals surface area contributed by atoms with Gasteiger partial charge >= 0.3 is 0 Å². The molecule has 0 radical (unpaired) electrons. The number of carbonyl (C=O) groups excluding carboxylic acids is 2. The van der Waals surface area contributed by atoms with Gasteiger partial charge < -0.3 is 19.7 Å². The van der Waals surface area contributed by atoms with E-state index in [9.17, 15) is 9.59 Å². The third kappa shape index (κ3) is 4.58. The fraction of sp³-hybridized carbons (Fsp3) is 0.417. The van der Waals surface area contributed by atoms with Crippen LogP contribution in [-0.4, -0.2) is 43.5 Å². The molecule has 1 saturated heterocycles. The van der Waals surface area contributed by atoms with Gasteiger partial charge in [0, 0.05) is 25.2 Å². The van der Waals surface area contributed by atoms with Crippen molar-refractivity contribution in [2.45, 2.75) is 32.2 Å². The van der Waals surface area contributed by atoms with Gasteiger partial charge in [0.2, 0.25) is 5.91 Å². The second kappa shape index (κ2) is 9.20. The summed E-state index contributed by atoms with van der Waals surface area (Å²) < 4.78 is 11.0. The zero-order chi connectivity index (χ0) is 20.9. The number of benzene rings is 2. The van der Waals surface area contributed by atoms with E-state index < -0.39 is 0 Å². The van der Waals surface area contributed by atoms with E-state index in [-0.39, 0.29) is 17.7 Å². The molecule has 2 aromatic carbocycles. The van der Waals surface area contributed by atoms with E-state index in [0.717, 1.165) is 48.6 Å². The number of nitrogens with one attached hydrogen (secondary N) is 1. The number of likely N-dealkylation sites (tertiary alicyclic amines) is 1. The lowest BCUT2D eigenvalue weighted by atomic mass is 9.95. The average molecular weight is 408 g/mol. The van der Waals surface area contributed by atoms with Crippen LogP contribution < -0.4 is 14.8 Å². The van der Waals surface area contributed by atoms with Gasteiger partial charge in [-0.1, -0.05) is 12.1 Å². The topological polar surface area (TPSA) is 67.9 Å². The number of hydrogen-bond donors (Lipinski definition) is 1. The number of piperidine rings is 1. The van der Waals surface area contributed by atoms with Crippen LogP contribution in [-0.2, 0) is 17.8 Å². The first-order chi connectivity index (χ1) is 14.6. The molecule has 6 nitrogen and oxygen atoms in total. The second-order valence-corrected chi connectivity index (χ2v) is 7.95. The summed E-state index contributed by atoms with van der Waals surface area (Å²) in [6.07, 6.45) is 3.99. The molecule has 2 aromatic rings. The molecule has 1 atom stereocenters. The molecule has 30 heavy (non-hydrogen) atoms. The Morgan fingerprint density at radius 3 is 2.60 bits per heavy atom. The van der Waals surface area contributed by atoms with E-state index >= 15 is 0 Å². The van der Waals surface area contributed by atoms with Crippen molar-refractivity contribution in [1.29, 1.82) is 0 Å². The van der Waals surface area contributed by atoms with Crippen LogP contribution in [0, 0.1) is 5.92 Å². The van der Waals surface area contributed by atoms with E-state index in [0.29, 0.717) is 25.1 Å². The van der Waals surface area contributed by atoms with Gasteiger partial charge in [-0.15, -0.1) is 0 Å². The summed E-state index contributed by atoms with van der Waals surface area (Å²) in [5, 5.41) is 2.99. The Balaban J connectivity index is 1.31. The molecule has 1 fully saturated rings. The third-order valence-corrected chi connectivity index (χ3v) is 5.86. The van der Waals surface area contributed by atoms with Crippen LogP contribution in [0.3, 0.4) is 0 Å². The molecule has 0 aliphatic carbocycles. The van der Waals surface area contributed by atoms with Gasteiger partial charge in [0.15, 0.2) is 0 Å². The summed E-state index contributed by atoms with van der Waals surface area (Å²) in [4.78, 5) is 27.1. The molecular weight excluding hydrogens is 380 g/mol. The molecule has 0 aromatic heterocycles. The number of rotatable bonds is 5. The second-order valence-electron chi connectivity index (χ2n) is 7.95. The van der Waals surface area contributed by atoms with Crippen molar-refractivity contribution in [2.75, 3.05) is 26.8 Å². The highest BCUT2D eigenvalue weighted by atomic mass is 16.5. The lowest BCUT2D eigenvalue weighted by Crippen LogP contribution is -2.37. The number of hydrogen-bond acceptors (Lipinski definition) is 4. The molecule has 1 unspecified atom stereocenters. The first-order valence-corrected chi connectivity index (χ1v) is 10.6. The summed E-state index contributed by atoms with van der Waals surface area (Å²) >= 11 is 0. The lowest BCUT2D eigenvalue weighted by Gasteiger charge is -2.26. The van der Waals surface area contributed by atoms with Gasteiger partial charge in [0.25, 0.3) is 5.91 Å². The molecule has 2 aliphatic rings. The zero-order valence-electron chi connectivity index (χ0n) is 17.4. The monoisotopic (exact) mass is 408 g/mol. The van der Waals surface area contributed by atoms with Gasteiger partial charge in [0.1, 0.15) is 18.1 Å². The number of fused-ring (bicyclic) bond motifs is 1. The Bertz CT molecular complexity index is 904. The maximum atomic E-state index is 12.6. The largest absolute Gasteiger partial charge is 0.497 e. The molecule has 0 bridgehead atoms. The van der Waals surface area contributed by atoms with Crippen molar-refractivity contribution >= 4 is 11.8 Å². The third-order valence-electron chi connectivity index (χ3n) is 5.86. The molecule has 2 aliphatic heterocycles. The van der Waals surface area contributed by atoms with Crippen molar-refractivity contribution in [3.63, 3.8) is 0 Å². The molecule has 2 amide bonds. The van der Waals surface area contributed by atoms with Gasteiger partial charge in [-0.2, -0.15) is 0 Å². The van der Waals surface area contributed by atoms with Gasteiger partial charge in [0.05, 0.1) is 13.0 Å². The summed E-state index contributed by atoms with van der Waals surface area (Å²) in [5.41, 5.74) is 2.66. The minimum Gasteiger partial charge on any atom is -0.497 e. The Morgan fingerprint density at radius 2 is 1.87 bits per heavy atom. The number of nitrogens with zero attached hydrogens (tertiary/aromatic N) is 1. The Kier molecular flexibility index (Phi) is 6.21. The maximum Gasteiger partial charge on any atom is 0.253 e. The Hall–Kier alpha value is -3.02. The van der Waals surface area contributed by atoms with Crippen LogP contribution in [0.2, 0.25) is 0 Å². The normalized spacial score (nSPS) is 18.2. The van der Waals surface area contributed by atoms with E-state index in [2.05, 4.69) is 5.32 Å². The molecular formula is C24H28N2O4. The summed E-state index contributed by atoms with van der Waals surface area (Å²) in [6.45, 7) is 2.48. The molecule has 2 heterocycles. The summed E-state index contributed by atoms with van der Waals surface area (Å²) in [5.74, 6) is 1.41. The van der Waals surface area contributed by atoms with E-state index in [1.54, 1.807) is 7.11 Å². The highest BCUT2D eigenvalue weighted by molar-refractivity contribution is 5.94. The van der Waals surface area contributed by atoms with E-state index in [1.165, 1.54) is 6.42 Å². The minimum absolute atomic E-state index is 0.0306. The standard InChI is InChI=1S/C24H28N2O4/c1-29-21-9-10-22-19(14-21)13-20(16-30-22)23(27)25-15-17-5-7-18(8-6-17)24(28)26-11-3-2-4-12-26/h5-10,14,20H,2-4,11-13,15-16H2,1H3,(H,25,27). The molecule has 6 heteroatoms. The van der Waals surface area contributed by atoms with Crippen molar-refractivity contribution in [1.82, 2.24) is 10.2 Å². The smallest absolute Gasteiger partial charge is 0.253 e. The Labute approximate surface area is 177 Å². The average Bonchev–Trinajstić information content (AvgIpc) is 2.82. The first kappa shape index (κ1) is 20.3. The number of amides is 2. The maximum absolute atomic E-state index is 12.6. The first-order valence-electron chi connectivity index (χ1n) is 10.6. The number of ether oxygens (including phenoxy) is 2. The fourth-order valence-corrected chi connectivity index (χ4v) is 4.04. The van der Waals surface area contributed by atoms with Crippen molar-refractivity contribution < 1.29 is 19.1 Å². The van der Waals surface area contributed by atoms with Crippen LogP contribution in [0.1, 0.15) is 40.7 Å². The molecule has 0 saturated carbocycles. The fourth-order valence-electron chi connectivity index (χ4n) is 4.04. The Morgan fingerprint density at radius 1 is 1.10 bits per heavy atom. The van der Waals surface area contributed by atoms with Crippen molar-refractivity contribution in [3.8, 4) is 11.5 Å². The molecule has 1 N–H and O–H groups in total. The summed E-state index contributed by atoms with van der Waals surface area (Å²) in [6, 6.07) is 13.2. The van der Waals surface area contributed by atoms with Crippen LogP contribution in [0.5, 0.6) is 11.5 Å². The van der Waals surface area contributed by atoms with E-state index in [4.69, 9.17) is 9.47 Å². The molecule has 4 rings (SSSR count). The zero-order valence-corrected chi connectivity index (χ0v) is 17.4. The number of methoxy groups -OCH3 is 1. The predicted molar refractivity (Wildman–Crippen MR) is 114 cm³/mol. The van der Waals surface area contributed by atoms with Gasteiger partial charge in [-0.3, -0.25) is 9.59 Å². The van der Waals surface area contributed by atoms with Crippen LogP contribution in [0.4, 0.5) is 0 Å². The highest BCUT2D eigenvalue weighted by Gasteiger charge is 2.26. The van der Waals surface area contributed by atoms with Gasteiger partial charge in [-0.25, -0.2) is 0 Å². The van der Waals surface area contributed by atoms with Crippen LogP contribution >= 0.6 is 0 Å². The lowest BCUT2D eigenvalue weighted by molar-refractivity contribution is -0.126. The van der Waals surface area contributed by atoms with Crippen LogP contribution in [0.25, 0.3) is 0 Å². The van der Waals surface area contributed by atoms with Crippen molar-refractivity contribution in [2.24, 2.45) is 5.92 Å². The van der Waals surface area contributed by atoms with Gasteiger partial charge in [-0.05, 0) is 67.1 Å². The summed E-state index contributed by atoms with van der Waals surface area (Å²) in [7, 11) is 1.63. The van der Waals surface area contributed by atoms with E-state index in [1.807, 2.05) is 47.4 Å². The molecule has 0 spiro atoms. The molecule has 158 valence electrons. The number of carbonyl (C=O) groups is 2. The minimum atomic E-state index is -0.232. The SMILES string of the molecule is COc1ccc2c(c1)CC(C(=O)NCc1ccc(C(=O)N3CCCCC3)cc1)CO2. The van der Waals surface area contributed by atoms with Crippen molar-refractivity contribution in [3.05, 3.63) is 59.2 Å². The highest BCUT2D eigenvalue weighted by Crippen LogP contribution is 2.30. The predicted octanol–water partition coefficient (Wildman–Crippen LogP) is 3.19. The quantitative estimate of drug-likeness (QED) is 0.825.